The van der Waals surface area contributed by atoms with Crippen molar-refractivity contribution in [2.45, 2.75) is 86.7 Å². The first-order valence-corrected chi connectivity index (χ1v) is 18.4. The molecular formula is C37H41N5O4S. The number of piperidine rings is 2. The van der Waals surface area contributed by atoms with Crippen LogP contribution in [-0.2, 0) is 26.7 Å². The van der Waals surface area contributed by atoms with Gasteiger partial charge in [-0.25, -0.2) is 18.1 Å². The number of amides is 2. The van der Waals surface area contributed by atoms with E-state index in [1.165, 1.54) is 30.0 Å². The fourth-order valence-electron chi connectivity index (χ4n) is 9.11. The summed E-state index contributed by atoms with van der Waals surface area (Å²) in [5.41, 5.74) is 4.47. The molecule has 4 aromatic rings. The molecule has 10 heteroatoms. The minimum Gasteiger partial charge on any atom is -0.339 e. The van der Waals surface area contributed by atoms with Gasteiger partial charge in [0.25, 0.3) is 15.9 Å². The lowest BCUT2D eigenvalue weighted by atomic mass is 9.70. The zero-order valence-corrected chi connectivity index (χ0v) is 27.6. The molecule has 1 aromatic heterocycles. The van der Waals surface area contributed by atoms with Crippen LogP contribution in [0.4, 0.5) is 0 Å². The summed E-state index contributed by atoms with van der Waals surface area (Å²) in [5, 5.41) is 0. The molecule has 2 bridgehead atoms. The summed E-state index contributed by atoms with van der Waals surface area (Å²) in [6.45, 7) is 4.45. The lowest BCUT2D eigenvalue weighted by molar-refractivity contribution is -0.118. The van der Waals surface area contributed by atoms with Gasteiger partial charge in [0, 0.05) is 36.8 Å². The maximum Gasteiger partial charge on any atom is 0.264 e. The van der Waals surface area contributed by atoms with Crippen molar-refractivity contribution < 1.29 is 18.0 Å². The number of imidazole rings is 1. The van der Waals surface area contributed by atoms with Crippen molar-refractivity contribution in [3.63, 3.8) is 0 Å². The summed E-state index contributed by atoms with van der Waals surface area (Å²) >= 11 is 0. The molecule has 9 nitrogen and oxygen atoms in total. The fraction of sp³-hybridized carbons (Fsp3) is 0.432. The number of rotatable bonds is 6. The second kappa shape index (κ2) is 11.6. The number of fused-ring (bicyclic) bond motifs is 4. The van der Waals surface area contributed by atoms with E-state index < -0.39 is 15.9 Å². The van der Waals surface area contributed by atoms with Crippen LogP contribution in [0.15, 0.2) is 77.7 Å². The Morgan fingerprint density at radius 1 is 0.936 bits per heavy atom. The first-order chi connectivity index (χ1) is 22.7. The molecule has 8 rings (SSSR count). The van der Waals surface area contributed by atoms with Crippen LogP contribution in [0.2, 0.25) is 0 Å². The number of nitrogens with one attached hydrogen (secondary N) is 1. The number of nitrogens with zero attached hydrogens (tertiary/aromatic N) is 4. The van der Waals surface area contributed by atoms with E-state index >= 15 is 0 Å². The molecule has 47 heavy (non-hydrogen) atoms. The third-order valence-electron chi connectivity index (χ3n) is 11.4. The summed E-state index contributed by atoms with van der Waals surface area (Å²) in [7, 11) is -3.88. The summed E-state index contributed by atoms with van der Waals surface area (Å²) in [6.07, 6.45) is 7.55. The molecule has 244 valence electrons. The van der Waals surface area contributed by atoms with Crippen LogP contribution in [0.25, 0.3) is 11.0 Å². The molecule has 0 radical (unpaired) electrons. The van der Waals surface area contributed by atoms with Gasteiger partial charge in [-0.1, -0.05) is 42.5 Å². The van der Waals surface area contributed by atoms with Gasteiger partial charge < -0.3 is 9.47 Å². The quantitative estimate of drug-likeness (QED) is 0.310. The van der Waals surface area contributed by atoms with Gasteiger partial charge >= 0.3 is 0 Å². The van der Waals surface area contributed by atoms with Crippen LogP contribution in [-0.4, -0.2) is 71.3 Å². The number of hydrogen-bond donors (Lipinski definition) is 1. The molecule has 0 saturated carbocycles. The van der Waals surface area contributed by atoms with Crippen molar-refractivity contribution in [1.82, 2.24) is 24.1 Å². The lowest BCUT2D eigenvalue weighted by Gasteiger charge is -2.45. The molecule has 1 unspecified atom stereocenters. The maximum absolute atomic E-state index is 13.7. The molecule has 3 aromatic carbocycles. The highest BCUT2D eigenvalue weighted by Crippen LogP contribution is 2.45. The molecule has 3 atom stereocenters. The average molecular weight is 652 g/mol. The Morgan fingerprint density at radius 2 is 1.64 bits per heavy atom. The summed E-state index contributed by atoms with van der Waals surface area (Å²) in [5.74, 6) is 0.426. The summed E-state index contributed by atoms with van der Waals surface area (Å²) in [6, 6.07) is 25.6. The van der Waals surface area contributed by atoms with Crippen LogP contribution >= 0.6 is 0 Å². The predicted octanol–water partition coefficient (Wildman–Crippen LogP) is 5.14. The third-order valence-corrected chi connectivity index (χ3v) is 12.9. The highest BCUT2D eigenvalue weighted by molar-refractivity contribution is 7.90. The number of carbonyl (C=O) groups is 2. The topological polar surface area (TPSA) is 105 Å². The second-order valence-corrected chi connectivity index (χ2v) is 15.6. The molecule has 5 heterocycles. The fourth-order valence-corrected chi connectivity index (χ4v) is 10.3. The monoisotopic (exact) mass is 651 g/mol. The van der Waals surface area contributed by atoms with Gasteiger partial charge in [0.1, 0.15) is 5.82 Å². The average Bonchev–Trinajstić information content (AvgIpc) is 3.53. The Balaban J connectivity index is 0.974. The standard InChI is InChI=1S/C37H41N5O4S/c1-25-38-32-9-5-6-10-33(32)42(25)31-23-29-12-13-30(24-31)41(29)20-17-37(28-7-3-2-4-8-28)15-18-40(19-16-37)36(44)26-11-14-34-27(21-26)22-35(43)39-47(34,45)46/h2-11,14,21,29-31H,12-13,15-20,22-24H2,1H3,(H,39,43)/t29-,30+,31?. The van der Waals surface area contributed by atoms with E-state index in [1.54, 1.807) is 12.1 Å². The largest absolute Gasteiger partial charge is 0.339 e. The smallest absolute Gasteiger partial charge is 0.264 e. The van der Waals surface area contributed by atoms with Crippen LogP contribution in [0.5, 0.6) is 0 Å². The SMILES string of the molecule is Cc1nc2ccccc2n1C1C[C@H]2CC[C@@H](C1)N2CCC1(c2ccccc2)CCN(C(=O)c2ccc3c(c2)CC(=O)NS3(=O)=O)CC1. The van der Waals surface area contributed by atoms with Crippen LogP contribution < -0.4 is 4.72 Å². The van der Waals surface area contributed by atoms with E-state index in [1.807, 2.05) is 9.62 Å². The van der Waals surface area contributed by atoms with Gasteiger partial charge in [0.05, 0.1) is 22.3 Å². The first kappa shape index (κ1) is 30.3. The number of aryl methyl sites for hydroxylation is 1. The molecule has 3 fully saturated rings. The molecule has 4 aliphatic heterocycles. The Morgan fingerprint density at radius 3 is 2.38 bits per heavy atom. The van der Waals surface area contributed by atoms with E-state index in [9.17, 15) is 18.0 Å². The Kier molecular flexibility index (Phi) is 7.48. The van der Waals surface area contributed by atoms with Crippen molar-refractivity contribution >= 4 is 32.9 Å². The van der Waals surface area contributed by atoms with Crippen LogP contribution in [0, 0.1) is 6.92 Å². The lowest BCUT2D eigenvalue weighted by Crippen LogP contribution is -2.49. The van der Waals surface area contributed by atoms with Gasteiger partial charge in [-0.15, -0.1) is 0 Å². The number of benzene rings is 3. The zero-order valence-electron chi connectivity index (χ0n) is 26.8. The minimum absolute atomic E-state index is 0.0204. The number of carbonyl (C=O) groups excluding carboxylic acids is 2. The number of hydrogen-bond acceptors (Lipinski definition) is 6. The Hall–Kier alpha value is -4.02. The van der Waals surface area contributed by atoms with Gasteiger partial charge in [0.15, 0.2) is 0 Å². The van der Waals surface area contributed by atoms with Crippen molar-refractivity contribution in [3.05, 3.63) is 95.3 Å². The normalized spacial score (nSPS) is 25.0. The number of sulfonamides is 1. The minimum atomic E-state index is -3.88. The van der Waals surface area contributed by atoms with E-state index in [4.69, 9.17) is 4.98 Å². The summed E-state index contributed by atoms with van der Waals surface area (Å²) < 4.78 is 29.3. The van der Waals surface area contributed by atoms with Gasteiger partial charge in [0.2, 0.25) is 5.91 Å². The van der Waals surface area contributed by atoms with E-state index in [-0.39, 0.29) is 22.6 Å². The maximum atomic E-state index is 13.7. The van der Waals surface area contributed by atoms with Crippen LogP contribution in [0.3, 0.4) is 0 Å². The molecule has 4 aliphatic rings. The van der Waals surface area contributed by atoms with Gasteiger partial charge in [-0.2, -0.15) is 0 Å². The van der Waals surface area contributed by atoms with E-state index in [0.29, 0.717) is 42.3 Å². The van der Waals surface area contributed by atoms with Crippen molar-refractivity contribution in [2.24, 2.45) is 0 Å². The van der Waals surface area contributed by atoms with E-state index in [2.05, 4.69) is 71.0 Å². The molecule has 1 N–H and O–H groups in total. The van der Waals surface area contributed by atoms with Crippen molar-refractivity contribution in [1.29, 1.82) is 0 Å². The number of aromatic nitrogens is 2. The Bertz CT molecular complexity index is 1950. The van der Waals surface area contributed by atoms with Crippen molar-refractivity contribution in [3.8, 4) is 0 Å². The highest BCUT2D eigenvalue weighted by atomic mass is 32.2. The first-order valence-electron chi connectivity index (χ1n) is 16.9. The molecular weight excluding hydrogens is 611 g/mol. The predicted molar refractivity (Wildman–Crippen MR) is 180 cm³/mol. The molecule has 3 saturated heterocycles. The van der Waals surface area contributed by atoms with Gasteiger partial charge in [-0.3, -0.25) is 14.5 Å². The van der Waals surface area contributed by atoms with Crippen LogP contribution in [0.1, 0.15) is 78.3 Å². The number of likely N-dealkylation sites (tertiary alicyclic amines) is 1. The highest BCUT2D eigenvalue weighted by Gasteiger charge is 2.44. The second-order valence-electron chi connectivity index (χ2n) is 14.0. The molecule has 0 aliphatic carbocycles. The molecule has 2 amide bonds. The zero-order chi connectivity index (χ0) is 32.3. The third kappa shape index (κ3) is 5.35. The van der Waals surface area contributed by atoms with Crippen molar-refractivity contribution in [2.75, 3.05) is 19.6 Å². The Labute approximate surface area is 276 Å². The van der Waals surface area contributed by atoms with Gasteiger partial charge in [-0.05, 0) is 105 Å². The van der Waals surface area contributed by atoms with E-state index in [0.717, 1.165) is 50.0 Å². The summed E-state index contributed by atoms with van der Waals surface area (Å²) in [4.78, 5) is 35.3. The molecule has 0 spiro atoms. The number of para-hydroxylation sites is 2.